The standard InChI is InChI=1S/C14H19NO2/c16-11-12-4-6-14(7-5-12)17-10-8-13-3-1-2-9-15-13/h4-7,11,13,15H,1-3,8-10H2. The molecule has 3 heteroatoms. The zero-order chi connectivity index (χ0) is 11.9. The topological polar surface area (TPSA) is 38.3 Å². The normalized spacial score (nSPS) is 19.9. The summed E-state index contributed by atoms with van der Waals surface area (Å²) in [5.74, 6) is 0.839. The van der Waals surface area contributed by atoms with Crippen LogP contribution in [0.5, 0.6) is 5.75 Å². The van der Waals surface area contributed by atoms with Crippen LogP contribution in [0.1, 0.15) is 36.0 Å². The Hall–Kier alpha value is -1.35. The molecular formula is C14H19NO2. The van der Waals surface area contributed by atoms with E-state index in [1.165, 1.54) is 19.3 Å². The Morgan fingerprint density at radius 3 is 2.76 bits per heavy atom. The fraction of sp³-hybridized carbons (Fsp3) is 0.500. The van der Waals surface area contributed by atoms with Crippen LogP contribution < -0.4 is 10.1 Å². The highest BCUT2D eigenvalue weighted by atomic mass is 16.5. The Morgan fingerprint density at radius 2 is 2.12 bits per heavy atom. The van der Waals surface area contributed by atoms with Crippen molar-refractivity contribution in [2.24, 2.45) is 0 Å². The average molecular weight is 233 g/mol. The van der Waals surface area contributed by atoms with Gasteiger partial charge in [-0.3, -0.25) is 4.79 Å². The number of aldehydes is 1. The van der Waals surface area contributed by atoms with Crippen LogP contribution in [0.25, 0.3) is 0 Å². The first-order chi connectivity index (χ1) is 8.38. The molecule has 0 aromatic heterocycles. The highest BCUT2D eigenvalue weighted by molar-refractivity contribution is 5.74. The van der Waals surface area contributed by atoms with Gasteiger partial charge in [-0.15, -0.1) is 0 Å². The lowest BCUT2D eigenvalue weighted by Crippen LogP contribution is -2.35. The number of ether oxygens (including phenoxy) is 1. The molecular weight excluding hydrogens is 214 g/mol. The Labute approximate surface area is 102 Å². The van der Waals surface area contributed by atoms with Gasteiger partial charge in [-0.2, -0.15) is 0 Å². The van der Waals surface area contributed by atoms with Gasteiger partial charge in [-0.05, 0) is 50.1 Å². The molecule has 2 rings (SSSR count). The third-order valence-electron chi connectivity index (χ3n) is 3.16. The Balaban J connectivity index is 1.71. The lowest BCUT2D eigenvalue weighted by molar-refractivity contribution is 0.112. The van der Waals surface area contributed by atoms with Crippen molar-refractivity contribution >= 4 is 6.29 Å². The lowest BCUT2D eigenvalue weighted by Gasteiger charge is -2.23. The molecule has 0 spiro atoms. The van der Waals surface area contributed by atoms with E-state index in [0.717, 1.165) is 31.6 Å². The molecule has 0 radical (unpaired) electrons. The van der Waals surface area contributed by atoms with Gasteiger partial charge >= 0.3 is 0 Å². The zero-order valence-electron chi connectivity index (χ0n) is 10.0. The van der Waals surface area contributed by atoms with E-state index in [1.54, 1.807) is 12.1 Å². The molecule has 0 saturated carbocycles. The minimum absolute atomic E-state index is 0.609. The quantitative estimate of drug-likeness (QED) is 0.794. The number of hydrogen-bond donors (Lipinski definition) is 1. The second-order valence-corrected chi connectivity index (χ2v) is 4.47. The fourth-order valence-electron chi connectivity index (χ4n) is 2.13. The molecule has 1 N–H and O–H groups in total. The van der Waals surface area contributed by atoms with Crippen molar-refractivity contribution in [2.45, 2.75) is 31.7 Å². The molecule has 1 aliphatic heterocycles. The van der Waals surface area contributed by atoms with E-state index in [0.29, 0.717) is 11.6 Å². The van der Waals surface area contributed by atoms with Crippen LogP contribution in [0.15, 0.2) is 24.3 Å². The molecule has 1 aromatic carbocycles. The van der Waals surface area contributed by atoms with Gasteiger partial charge in [-0.1, -0.05) is 6.42 Å². The second kappa shape index (κ2) is 6.40. The maximum absolute atomic E-state index is 10.5. The van der Waals surface area contributed by atoms with E-state index in [2.05, 4.69) is 5.32 Å². The summed E-state index contributed by atoms with van der Waals surface area (Å²) in [5.41, 5.74) is 0.686. The number of piperidine rings is 1. The van der Waals surface area contributed by atoms with Gasteiger partial charge in [0.2, 0.25) is 0 Å². The molecule has 1 aliphatic rings. The SMILES string of the molecule is O=Cc1ccc(OCCC2CCCCN2)cc1. The van der Waals surface area contributed by atoms with Crippen LogP contribution in [-0.4, -0.2) is 25.5 Å². The molecule has 1 saturated heterocycles. The van der Waals surface area contributed by atoms with E-state index in [4.69, 9.17) is 4.74 Å². The molecule has 0 bridgehead atoms. The molecule has 0 amide bonds. The zero-order valence-corrected chi connectivity index (χ0v) is 10.0. The summed E-state index contributed by atoms with van der Waals surface area (Å²) < 4.78 is 5.65. The van der Waals surface area contributed by atoms with E-state index in [9.17, 15) is 4.79 Å². The molecule has 1 aromatic rings. The van der Waals surface area contributed by atoms with Crippen LogP contribution in [0, 0.1) is 0 Å². The number of nitrogens with one attached hydrogen (secondary N) is 1. The van der Waals surface area contributed by atoms with Crippen LogP contribution in [0.2, 0.25) is 0 Å². The Bertz CT molecular complexity index is 342. The van der Waals surface area contributed by atoms with Gasteiger partial charge in [0.05, 0.1) is 6.61 Å². The van der Waals surface area contributed by atoms with Crippen molar-refractivity contribution in [3.8, 4) is 5.75 Å². The third kappa shape index (κ3) is 3.86. The van der Waals surface area contributed by atoms with Crippen molar-refractivity contribution in [3.63, 3.8) is 0 Å². The summed E-state index contributed by atoms with van der Waals surface area (Å²) >= 11 is 0. The Kier molecular flexibility index (Phi) is 4.56. The minimum Gasteiger partial charge on any atom is -0.494 e. The van der Waals surface area contributed by atoms with Gasteiger partial charge in [-0.25, -0.2) is 0 Å². The van der Waals surface area contributed by atoms with Crippen LogP contribution in [0.3, 0.4) is 0 Å². The third-order valence-corrected chi connectivity index (χ3v) is 3.16. The summed E-state index contributed by atoms with van der Waals surface area (Å²) in [7, 11) is 0. The summed E-state index contributed by atoms with van der Waals surface area (Å²) in [5, 5.41) is 3.50. The fourth-order valence-corrected chi connectivity index (χ4v) is 2.13. The monoisotopic (exact) mass is 233 g/mol. The van der Waals surface area contributed by atoms with E-state index in [1.807, 2.05) is 12.1 Å². The number of carbonyl (C=O) groups is 1. The molecule has 17 heavy (non-hydrogen) atoms. The lowest BCUT2D eigenvalue weighted by atomic mass is 10.0. The van der Waals surface area contributed by atoms with E-state index >= 15 is 0 Å². The maximum Gasteiger partial charge on any atom is 0.150 e. The molecule has 0 aliphatic carbocycles. The average Bonchev–Trinajstić information content (AvgIpc) is 2.41. The molecule has 3 nitrogen and oxygen atoms in total. The van der Waals surface area contributed by atoms with E-state index in [-0.39, 0.29) is 0 Å². The van der Waals surface area contributed by atoms with Gasteiger partial charge in [0.25, 0.3) is 0 Å². The highest BCUT2D eigenvalue weighted by Gasteiger charge is 2.11. The first-order valence-corrected chi connectivity index (χ1v) is 6.30. The van der Waals surface area contributed by atoms with Gasteiger partial charge in [0.15, 0.2) is 0 Å². The van der Waals surface area contributed by atoms with Crippen molar-refractivity contribution in [1.82, 2.24) is 5.32 Å². The number of benzene rings is 1. The van der Waals surface area contributed by atoms with Gasteiger partial charge in [0.1, 0.15) is 12.0 Å². The maximum atomic E-state index is 10.5. The van der Waals surface area contributed by atoms with Crippen LogP contribution >= 0.6 is 0 Å². The minimum atomic E-state index is 0.609. The second-order valence-electron chi connectivity index (χ2n) is 4.47. The number of carbonyl (C=O) groups excluding carboxylic acids is 1. The molecule has 1 atom stereocenters. The summed E-state index contributed by atoms with van der Waals surface area (Å²) in [6.45, 7) is 1.87. The van der Waals surface area contributed by atoms with Gasteiger partial charge < -0.3 is 10.1 Å². The summed E-state index contributed by atoms with van der Waals surface area (Å²) in [4.78, 5) is 10.5. The molecule has 92 valence electrons. The summed E-state index contributed by atoms with van der Waals surface area (Å²) in [6, 6.07) is 7.86. The highest BCUT2D eigenvalue weighted by Crippen LogP contribution is 2.14. The van der Waals surface area contributed by atoms with Crippen molar-refractivity contribution < 1.29 is 9.53 Å². The molecule has 1 fully saturated rings. The molecule has 1 heterocycles. The molecule has 1 unspecified atom stereocenters. The number of hydrogen-bond acceptors (Lipinski definition) is 3. The van der Waals surface area contributed by atoms with Crippen molar-refractivity contribution in [3.05, 3.63) is 29.8 Å². The van der Waals surface area contributed by atoms with Crippen molar-refractivity contribution in [1.29, 1.82) is 0 Å². The smallest absolute Gasteiger partial charge is 0.150 e. The Morgan fingerprint density at radius 1 is 1.29 bits per heavy atom. The predicted molar refractivity (Wildman–Crippen MR) is 67.6 cm³/mol. The summed E-state index contributed by atoms with van der Waals surface area (Å²) in [6.07, 6.45) is 5.77. The van der Waals surface area contributed by atoms with Crippen molar-refractivity contribution in [2.75, 3.05) is 13.2 Å². The van der Waals surface area contributed by atoms with Crippen LogP contribution in [0.4, 0.5) is 0 Å². The van der Waals surface area contributed by atoms with Crippen LogP contribution in [-0.2, 0) is 0 Å². The largest absolute Gasteiger partial charge is 0.494 e. The van der Waals surface area contributed by atoms with E-state index < -0.39 is 0 Å². The van der Waals surface area contributed by atoms with Gasteiger partial charge in [0, 0.05) is 11.6 Å². The first-order valence-electron chi connectivity index (χ1n) is 6.30. The number of rotatable bonds is 5. The first kappa shape index (κ1) is 12.1. The predicted octanol–water partition coefficient (Wildman–Crippen LogP) is 2.41.